The maximum Gasteiger partial charge on any atom is 0.227 e. The van der Waals surface area contributed by atoms with Crippen LogP contribution in [0.3, 0.4) is 0 Å². The third kappa shape index (κ3) is 7.31. The van der Waals surface area contributed by atoms with E-state index in [2.05, 4.69) is 18.7 Å². The molecule has 0 saturated heterocycles. The molecule has 0 spiro atoms. The van der Waals surface area contributed by atoms with E-state index in [-0.39, 0.29) is 12.1 Å². The number of ether oxygens (including phenoxy) is 3. The summed E-state index contributed by atoms with van der Waals surface area (Å²) in [4.78, 5) is 2.27. The van der Waals surface area contributed by atoms with Gasteiger partial charge in [0.15, 0.2) is 0 Å². The van der Waals surface area contributed by atoms with Crippen LogP contribution in [-0.2, 0) is 11.3 Å². The van der Waals surface area contributed by atoms with Crippen LogP contribution in [0.4, 0.5) is 0 Å². The van der Waals surface area contributed by atoms with Crippen molar-refractivity contribution in [2.45, 2.75) is 65.8 Å². The Morgan fingerprint density at radius 2 is 1.66 bits per heavy atom. The summed E-state index contributed by atoms with van der Waals surface area (Å²) >= 11 is 0. The van der Waals surface area contributed by atoms with Gasteiger partial charge in [0.05, 0.1) is 42.9 Å². The fourth-order valence-electron chi connectivity index (χ4n) is 3.81. The van der Waals surface area contributed by atoms with Crippen molar-refractivity contribution in [1.29, 1.82) is 0 Å². The topological polar surface area (TPSA) is 69.0 Å². The van der Waals surface area contributed by atoms with Crippen molar-refractivity contribution in [1.82, 2.24) is 14.7 Å². The standard InChI is InChI=1S/C28H39N3O4/c1-7-21(4)30(17-24(32)19-34-20(2)3)18-27-22(5)29-31(23-11-9-8-10-12-23)28(27)35-26-15-13-25(33-6)14-16-26/h8-16,20-21,24,32H,7,17-19H2,1-6H3/t21-,24-/m1/s1. The van der Waals surface area contributed by atoms with Crippen molar-refractivity contribution in [3.63, 3.8) is 0 Å². The maximum absolute atomic E-state index is 10.7. The Labute approximate surface area is 209 Å². The average molecular weight is 482 g/mol. The van der Waals surface area contributed by atoms with Gasteiger partial charge in [-0.1, -0.05) is 25.1 Å². The first kappa shape index (κ1) is 26.7. The lowest BCUT2D eigenvalue weighted by Gasteiger charge is -2.30. The van der Waals surface area contributed by atoms with Gasteiger partial charge in [0.1, 0.15) is 11.5 Å². The quantitative estimate of drug-likeness (QED) is 0.354. The van der Waals surface area contributed by atoms with E-state index in [1.54, 1.807) is 7.11 Å². The average Bonchev–Trinajstić information content (AvgIpc) is 3.17. The molecule has 0 fully saturated rings. The zero-order chi connectivity index (χ0) is 25.4. The molecule has 3 aromatic rings. The van der Waals surface area contributed by atoms with Crippen molar-refractivity contribution < 1.29 is 19.3 Å². The second kappa shape index (κ2) is 12.7. The number of aliphatic hydroxyl groups is 1. The molecule has 0 radical (unpaired) electrons. The molecule has 2 atom stereocenters. The number of hydrogen-bond acceptors (Lipinski definition) is 6. The van der Waals surface area contributed by atoms with E-state index in [1.807, 2.05) is 80.1 Å². The van der Waals surface area contributed by atoms with Crippen molar-refractivity contribution in [3.8, 4) is 23.1 Å². The highest BCUT2D eigenvalue weighted by Crippen LogP contribution is 2.33. The molecule has 1 N–H and O–H groups in total. The number of para-hydroxylation sites is 1. The van der Waals surface area contributed by atoms with E-state index in [1.165, 1.54) is 0 Å². The number of aliphatic hydroxyl groups excluding tert-OH is 1. The molecule has 190 valence electrons. The van der Waals surface area contributed by atoms with E-state index >= 15 is 0 Å². The summed E-state index contributed by atoms with van der Waals surface area (Å²) < 4.78 is 19.2. The lowest BCUT2D eigenvalue weighted by atomic mass is 10.1. The minimum atomic E-state index is -0.582. The van der Waals surface area contributed by atoms with Gasteiger partial charge in [-0.15, -0.1) is 0 Å². The summed E-state index contributed by atoms with van der Waals surface area (Å²) in [7, 11) is 1.64. The van der Waals surface area contributed by atoms with E-state index in [4.69, 9.17) is 19.3 Å². The predicted molar refractivity (Wildman–Crippen MR) is 139 cm³/mol. The van der Waals surface area contributed by atoms with Crippen LogP contribution in [0.15, 0.2) is 54.6 Å². The number of methoxy groups -OCH3 is 1. The molecular formula is C28H39N3O4. The molecule has 7 nitrogen and oxygen atoms in total. The Hall–Kier alpha value is -2.87. The van der Waals surface area contributed by atoms with Crippen LogP contribution in [0.1, 0.15) is 45.4 Å². The minimum Gasteiger partial charge on any atom is -0.497 e. The number of nitrogens with zero attached hydrogens (tertiary/aromatic N) is 3. The van der Waals surface area contributed by atoms with Crippen molar-refractivity contribution in [2.75, 3.05) is 20.3 Å². The molecular weight excluding hydrogens is 442 g/mol. The zero-order valence-corrected chi connectivity index (χ0v) is 21.8. The van der Waals surface area contributed by atoms with E-state index in [0.717, 1.165) is 29.1 Å². The molecule has 1 aromatic heterocycles. The molecule has 3 rings (SSSR count). The first-order valence-corrected chi connectivity index (χ1v) is 12.3. The summed E-state index contributed by atoms with van der Waals surface area (Å²) in [5, 5.41) is 15.5. The Bertz CT molecular complexity index is 1030. The number of benzene rings is 2. The number of aromatic nitrogens is 2. The minimum absolute atomic E-state index is 0.0811. The van der Waals surface area contributed by atoms with Crippen molar-refractivity contribution in [3.05, 3.63) is 65.9 Å². The molecule has 7 heteroatoms. The lowest BCUT2D eigenvalue weighted by molar-refractivity contribution is -0.0150. The Morgan fingerprint density at radius 3 is 2.26 bits per heavy atom. The molecule has 0 aliphatic rings. The molecule has 35 heavy (non-hydrogen) atoms. The van der Waals surface area contributed by atoms with Gasteiger partial charge in [-0.25, -0.2) is 4.68 Å². The Morgan fingerprint density at radius 1 is 1.00 bits per heavy atom. The molecule has 0 bridgehead atoms. The molecule has 0 aliphatic heterocycles. The molecule has 2 aromatic carbocycles. The van der Waals surface area contributed by atoms with Crippen LogP contribution < -0.4 is 9.47 Å². The van der Waals surface area contributed by atoms with Crippen molar-refractivity contribution in [2.24, 2.45) is 0 Å². The van der Waals surface area contributed by atoms with Crippen LogP contribution in [0.25, 0.3) is 5.69 Å². The summed E-state index contributed by atoms with van der Waals surface area (Å²) in [5.41, 5.74) is 2.80. The van der Waals surface area contributed by atoms with Crippen LogP contribution in [-0.4, -0.2) is 58.3 Å². The third-order valence-electron chi connectivity index (χ3n) is 6.05. The van der Waals surface area contributed by atoms with Gasteiger partial charge in [-0.3, -0.25) is 4.90 Å². The normalized spacial score (nSPS) is 13.3. The molecule has 0 amide bonds. The maximum atomic E-state index is 10.7. The zero-order valence-electron chi connectivity index (χ0n) is 21.8. The monoisotopic (exact) mass is 481 g/mol. The summed E-state index contributed by atoms with van der Waals surface area (Å²) in [6, 6.07) is 17.8. The third-order valence-corrected chi connectivity index (χ3v) is 6.05. The lowest BCUT2D eigenvalue weighted by Crippen LogP contribution is -2.40. The largest absolute Gasteiger partial charge is 0.497 e. The van der Waals surface area contributed by atoms with Crippen LogP contribution in [0.5, 0.6) is 17.4 Å². The SMILES string of the molecule is CC[C@@H](C)N(Cc1c(C)nn(-c2ccccc2)c1Oc1ccc(OC)cc1)C[C@@H](O)COC(C)C. The second-order valence-electron chi connectivity index (χ2n) is 9.12. The van der Waals surface area contributed by atoms with Gasteiger partial charge in [-0.2, -0.15) is 5.10 Å². The molecule has 0 saturated carbocycles. The first-order chi connectivity index (χ1) is 16.8. The van der Waals surface area contributed by atoms with Gasteiger partial charge in [0, 0.05) is 19.1 Å². The Balaban J connectivity index is 1.95. The van der Waals surface area contributed by atoms with Crippen molar-refractivity contribution >= 4 is 0 Å². The predicted octanol–water partition coefficient (Wildman–Crippen LogP) is 5.37. The highest BCUT2D eigenvalue weighted by Gasteiger charge is 2.25. The van der Waals surface area contributed by atoms with Crippen LogP contribution >= 0.6 is 0 Å². The molecule has 0 unspecified atom stereocenters. The fourth-order valence-corrected chi connectivity index (χ4v) is 3.81. The van der Waals surface area contributed by atoms with Gasteiger partial charge in [0.2, 0.25) is 5.88 Å². The van der Waals surface area contributed by atoms with Crippen LogP contribution in [0.2, 0.25) is 0 Å². The molecule has 1 heterocycles. The summed E-state index contributed by atoms with van der Waals surface area (Å²) in [5.74, 6) is 2.13. The number of hydrogen-bond donors (Lipinski definition) is 1. The number of rotatable bonds is 13. The smallest absolute Gasteiger partial charge is 0.227 e. The fraction of sp³-hybridized carbons (Fsp3) is 0.464. The highest BCUT2D eigenvalue weighted by molar-refractivity contribution is 5.44. The molecule has 0 aliphatic carbocycles. The number of aryl methyl sites for hydroxylation is 1. The Kier molecular flexibility index (Phi) is 9.72. The van der Waals surface area contributed by atoms with E-state index in [9.17, 15) is 5.11 Å². The van der Waals surface area contributed by atoms with E-state index in [0.29, 0.717) is 31.3 Å². The first-order valence-electron chi connectivity index (χ1n) is 12.3. The van der Waals surface area contributed by atoms with Gasteiger partial charge in [-0.05, 0) is 70.5 Å². The summed E-state index contributed by atoms with van der Waals surface area (Å²) in [6.07, 6.45) is 0.456. The van der Waals surface area contributed by atoms with Gasteiger partial charge < -0.3 is 19.3 Å². The van der Waals surface area contributed by atoms with Gasteiger partial charge >= 0.3 is 0 Å². The van der Waals surface area contributed by atoms with Gasteiger partial charge in [0.25, 0.3) is 0 Å². The van der Waals surface area contributed by atoms with E-state index < -0.39 is 6.10 Å². The summed E-state index contributed by atoms with van der Waals surface area (Å²) in [6.45, 7) is 11.7. The highest BCUT2D eigenvalue weighted by atomic mass is 16.5. The van der Waals surface area contributed by atoms with Crippen LogP contribution in [0, 0.1) is 6.92 Å². The second-order valence-corrected chi connectivity index (χ2v) is 9.12.